The first-order chi connectivity index (χ1) is 12.7. The van der Waals surface area contributed by atoms with Crippen molar-refractivity contribution >= 4 is 34.6 Å². The van der Waals surface area contributed by atoms with E-state index in [4.69, 9.17) is 11.6 Å². The van der Waals surface area contributed by atoms with Crippen LogP contribution < -0.4 is 10.2 Å². The number of carbonyl (C=O) groups excluding carboxylic acids is 1. The molecule has 0 saturated carbocycles. The number of para-hydroxylation sites is 1. The molecule has 2 heterocycles. The number of nitrogens with one attached hydrogen (secondary N) is 1. The summed E-state index contributed by atoms with van der Waals surface area (Å²) in [7, 11) is 0. The number of nitrogens with zero attached hydrogens (tertiary/aromatic N) is 2. The molecule has 130 valence electrons. The summed E-state index contributed by atoms with van der Waals surface area (Å²) < 4.78 is 0. The van der Waals surface area contributed by atoms with Gasteiger partial charge in [-0.15, -0.1) is 0 Å². The van der Waals surface area contributed by atoms with Crippen molar-refractivity contribution in [3.8, 4) is 0 Å². The molecular weight excluding hydrogens is 346 g/mol. The van der Waals surface area contributed by atoms with Crippen molar-refractivity contribution in [1.29, 1.82) is 0 Å². The number of aryl methyl sites for hydroxylation is 1. The van der Waals surface area contributed by atoms with Crippen LogP contribution in [0.5, 0.6) is 0 Å². The van der Waals surface area contributed by atoms with Gasteiger partial charge in [-0.3, -0.25) is 4.79 Å². The zero-order chi connectivity index (χ0) is 17.9. The van der Waals surface area contributed by atoms with E-state index in [1.807, 2.05) is 53.4 Å². The van der Waals surface area contributed by atoms with Gasteiger partial charge < -0.3 is 10.2 Å². The third-order valence-electron chi connectivity index (χ3n) is 4.47. The van der Waals surface area contributed by atoms with Crippen LogP contribution in [0.3, 0.4) is 0 Å². The number of halogens is 1. The lowest BCUT2D eigenvalue weighted by Crippen LogP contribution is -2.35. The summed E-state index contributed by atoms with van der Waals surface area (Å²) >= 11 is 5.90. The highest BCUT2D eigenvalue weighted by Gasteiger charge is 2.23. The Morgan fingerprint density at radius 2 is 1.77 bits per heavy atom. The average molecular weight is 364 g/mol. The monoisotopic (exact) mass is 363 g/mol. The van der Waals surface area contributed by atoms with Gasteiger partial charge in [0.2, 0.25) is 0 Å². The van der Waals surface area contributed by atoms with Crippen molar-refractivity contribution in [1.82, 2.24) is 4.98 Å². The van der Waals surface area contributed by atoms with Crippen LogP contribution in [0.15, 0.2) is 66.9 Å². The molecule has 0 spiro atoms. The Morgan fingerprint density at radius 1 is 1.00 bits per heavy atom. The number of rotatable bonds is 3. The van der Waals surface area contributed by atoms with Crippen molar-refractivity contribution in [3.63, 3.8) is 0 Å². The van der Waals surface area contributed by atoms with Crippen LogP contribution in [0.2, 0.25) is 5.02 Å². The SMILES string of the molecule is O=C(c1ccc(Nc2ccc(Cl)cc2)cn1)N1CCCc2ccccc21. The van der Waals surface area contributed by atoms with E-state index in [9.17, 15) is 4.79 Å². The fraction of sp³-hybridized carbons (Fsp3) is 0.143. The van der Waals surface area contributed by atoms with Crippen LogP contribution in [0.1, 0.15) is 22.5 Å². The predicted octanol–water partition coefficient (Wildman–Crippen LogP) is 5.07. The zero-order valence-corrected chi connectivity index (χ0v) is 14.9. The Kier molecular flexibility index (Phi) is 4.59. The van der Waals surface area contributed by atoms with Crippen molar-refractivity contribution in [2.75, 3.05) is 16.8 Å². The Balaban J connectivity index is 1.52. The van der Waals surface area contributed by atoms with Gasteiger partial charge >= 0.3 is 0 Å². The van der Waals surface area contributed by atoms with Crippen LogP contribution in [0, 0.1) is 0 Å². The summed E-state index contributed by atoms with van der Waals surface area (Å²) in [5.41, 5.74) is 4.40. The normalized spacial score (nSPS) is 13.2. The first-order valence-electron chi connectivity index (χ1n) is 8.59. The minimum atomic E-state index is -0.0600. The molecule has 0 atom stereocenters. The van der Waals surface area contributed by atoms with Gasteiger partial charge in [0.15, 0.2) is 0 Å². The van der Waals surface area contributed by atoms with Crippen molar-refractivity contribution in [2.24, 2.45) is 0 Å². The number of carbonyl (C=O) groups is 1. The summed E-state index contributed by atoms with van der Waals surface area (Å²) in [6.07, 6.45) is 3.66. The summed E-state index contributed by atoms with van der Waals surface area (Å²) in [6.45, 7) is 0.725. The summed E-state index contributed by atoms with van der Waals surface area (Å²) in [6, 6.07) is 19.1. The largest absolute Gasteiger partial charge is 0.354 e. The number of anilines is 3. The summed E-state index contributed by atoms with van der Waals surface area (Å²) in [5.74, 6) is -0.0600. The van der Waals surface area contributed by atoms with E-state index in [1.54, 1.807) is 12.3 Å². The molecule has 1 aliphatic heterocycles. The number of hydrogen-bond acceptors (Lipinski definition) is 3. The second-order valence-electron chi connectivity index (χ2n) is 6.25. The Hall–Kier alpha value is -2.85. The maximum atomic E-state index is 12.9. The van der Waals surface area contributed by atoms with Gasteiger partial charge in [0.05, 0.1) is 11.9 Å². The summed E-state index contributed by atoms with van der Waals surface area (Å²) in [5, 5.41) is 3.94. The van der Waals surface area contributed by atoms with Gasteiger partial charge in [-0.05, 0) is 60.9 Å². The lowest BCUT2D eigenvalue weighted by Gasteiger charge is -2.29. The molecule has 0 unspecified atom stereocenters. The molecule has 0 saturated heterocycles. The van der Waals surface area contributed by atoms with E-state index in [-0.39, 0.29) is 5.91 Å². The smallest absolute Gasteiger partial charge is 0.276 e. The second-order valence-corrected chi connectivity index (χ2v) is 6.69. The van der Waals surface area contributed by atoms with Gasteiger partial charge in [-0.1, -0.05) is 29.8 Å². The molecule has 0 fully saturated rings. The molecule has 4 nitrogen and oxygen atoms in total. The third-order valence-corrected chi connectivity index (χ3v) is 4.72. The van der Waals surface area contributed by atoms with E-state index in [0.717, 1.165) is 36.4 Å². The van der Waals surface area contributed by atoms with Crippen LogP contribution in [0.25, 0.3) is 0 Å². The van der Waals surface area contributed by atoms with Crippen molar-refractivity contribution < 1.29 is 4.79 Å². The Bertz CT molecular complexity index is 923. The Morgan fingerprint density at radius 3 is 2.54 bits per heavy atom. The molecule has 0 bridgehead atoms. The highest BCUT2D eigenvalue weighted by atomic mass is 35.5. The molecule has 1 aliphatic rings. The number of benzene rings is 2. The van der Waals surface area contributed by atoms with Gasteiger partial charge in [0.25, 0.3) is 5.91 Å². The maximum Gasteiger partial charge on any atom is 0.276 e. The molecule has 1 aromatic heterocycles. The third kappa shape index (κ3) is 3.41. The fourth-order valence-electron chi connectivity index (χ4n) is 3.18. The number of aromatic nitrogens is 1. The lowest BCUT2D eigenvalue weighted by molar-refractivity contribution is 0.0980. The highest BCUT2D eigenvalue weighted by molar-refractivity contribution is 6.30. The molecule has 26 heavy (non-hydrogen) atoms. The van der Waals surface area contributed by atoms with Crippen molar-refractivity contribution in [2.45, 2.75) is 12.8 Å². The van der Waals surface area contributed by atoms with Crippen LogP contribution in [0.4, 0.5) is 17.1 Å². The van der Waals surface area contributed by atoms with Gasteiger partial charge in [-0.2, -0.15) is 0 Å². The number of hydrogen-bond donors (Lipinski definition) is 1. The maximum absolute atomic E-state index is 12.9. The minimum Gasteiger partial charge on any atom is -0.354 e. The van der Waals surface area contributed by atoms with E-state index in [0.29, 0.717) is 10.7 Å². The first kappa shape index (κ1) is 16.6. The molecule has 0 radical (unpaired) electrons. The molecule has 5 heteroatoms. The molecular formula is C21H18ClN3O. The molecule has 1 amide bonds. The second kappa shape index (κ2) is 7.18. The minimum absolute atomic E-state index is 0.0600. The standard InChI is InChI=1S/C21H18ClN3O/c22-16-7-9-17(10-8-16)24-18-11-12-19(23-14-18)21(26)25-13-3-5-15-4-1-2-6-20(15)25/h1-2,4,6-12,14,24H,3,5,13H2. The van der Waals surface area contributed by atoms with Gasteiger partial charge in [-0.25, -0.2) is 4.98 Å². The Labute approximate surface area is 157 Å². The topological polar surface area (TPSA) is 45.2 Å². The van der Waals surface area contributed by atoms with E-state index in [2.05, 4.69) is 16.4 Å². The van der Waals surface area contributed by atoms with Crippen LogP contribution in [-0.2, 0) is 6.42 Å². The van der Waals surface area contributed by atoms with Crippen LogP contribution >= 0.6 is 11.6 Å². The molecule has 1 N–H and O–H groups in total. The van der Waals surface area contributed by atoms with E-state index >= 15 is 0 Å². The average Bonchev–Trinajstić information content (AvgIpc) is 2.69. The first-order valence-corrected chi connectivity index (χ1v) is 8.97. The van der Waals surface area contributed by atoms with Gasteiger partial charge in [0.1, 0.15) is 5.69 Å². The van der Waals surface area contributed by atoms with E-state index in [1.165, 1.54) is 5.56 Å². The molecule has 0 aliphatic carbocycles. The molecule has 3 aromatic rings. The molecule has 4 rings (SSSR count). The number of amides is 1. The zero-order valence-electron chi connectivity index (χ0n) is 14.2. The van der Waals surface area contributed by atoms with Gasteiger partial charge in [0, 0.05) is 22.9 Å². The number of fused-ring (bicyclic) bond motifs is 1. The lowest BCUT2D eigenvalue weighted by atomic mass is 10.0. The van der Waals surface area contributed by atoms with E-state index < -0.39 is 0 Å². The highest BCUT2D eigenvalue weighted by Crippen LogP contribution is 2.28. The number of pyridine rings is 1. The summed E-state index contributed by atoms with van der Waals surface area (Å²) in [4.78, 5) is 19.1. The quantitative estimate of drug-likeness (QED) is 0.706. The molecule has 2 aromatic carbocycles. The fourth-order valence-corrected chi connectivity index (χ4v) is 3.30. The van der Waals surface area contributed by atoms with Crippen molar-refractivity contribution in [3.05, 3.63) is 83.1 Å². The van der Waals surface area contributed by atoms with Crippen LogP contribution in [-0.4, -0.2) is 17.4 Å². The predicted molar refractivity (Wildman–Crippen MR) is 105 cm³/mol.